The van der Waals surface area contributed by atoms with E-state index < -0.39 is 5.95 Å². The summed E-state index contributed by atoms with van der Waals surface area (Å²) in [5.74, 6) is -0.451. The van der Waals surface area contributed by atoms with Gasteiger partial charge in [0, 0.05) is 11.9 Å². The van der Waals surface area contributed by atoms with Crippen LogP contribution in [0.4, 0.5) is 10.1 Å². The average Bonchev–Trinajstić information content (AvgIpc) is 2.47. The van der Waals surface area contributed by atoms with Gasteiger partial charge in [0.05, 0.1) is 17.2 Å². The number of benzene rings is 1. The van der Waals surface area contributed by atoms with Crippen LogP contribution in [0.2, 0.25) is 5.02 Å². The van der Waals surface area contributed by atoms with E-state index >= 15 is 0 Å². The van der Waals surface area contributed by atoms with E-state index in [1.54, 1.807) is 18.2 Å². The summed E-state index contributed by atoms with van der Waals surface area (Å²) in [6.07, 6.45) is 2.05. The number of pyridine rings is 1. The van der Waals surface area contributed by atoms with Gasteiger partial charge in [0.25, 0.3) is 5.91 Å². The molecule has 1 amide bonds. The van der Waals surface area contributed by atoms with E-state index in [0.717, 1.165) is 12.5 Å². The van der Waals surface area contributed by atoms with Crippen molar-refractivity contribution in [2.75, 3.05) is 11.9 Å². The van der Waals surface area contributed by atoms with Crippen LogP contribution in [0.25, 0.3) is 0 Å². The monoisotopic (exact) mass is 308 g/mol. The van der Waals surface area contributed by atoms with Gasteiger partial charge < -0.3 is 10.1 Å². The Morgan fingerprint density at radius 3 is 2.81 bits per heavy atom. The molecule has 0 aliphatic carbocycles. The second-order valence-corrected chi connectivity index (χ2v) is 4.72. The topological polar surface area (TPSA) is 51.2 Å². The molecule has 6 heteroatoms. The first kappa shape index (κ1) is 15.3. The summed E-state index contributed by atoms with van der Waals surface area (Å²) in [6, 6.07) is 7.46. The normalized spacial score (nSPS) is 10.2. The third-order valence-electron chi connectivity index (χ3n) is 2.64. The van der Waals surface area contributed by atoms with Gasteiger partial charge >= 0.3 is 0 Å². The van der Waals surface area contributed by atoms with E-state index in [1.165, 1.54) is 12.3 Å². The van der Waals surface area contributed by atoms with Crippen LogP contribution in [0.15, 0.2) is 36.5 Å². The van der Waals surface area contributed by atoms with Gasteiger partial charge in [-0.05, 0) is 36.8 Å². The van der Waals surface area contributed by atoms with Gasteiger partial charge in [-0.1, -0.05) is 18.5 Å². The van der Waals surface area contributed by atoms with Crippen LogP contribution in [0.5, 0.6) is 5.75 Å². The van der Waals surface area contributed by atoms with Crippen LogP contribution >= 0.6 is 11.6 Å². The zero-order valence-electron chi connectivity index (χ0n) is 11.4. The molecule has 0 fully saturated rings. The van der Waals surface area contributed by atoms with E-state index in [0.29, 0.717) is 23.1 Å². The molecule has 0 radical (unpaired) electrons. The molecule has 2 rings (SSSR count). The lowest BCUT2D eigenvalue weighted by Gasteiger charge is -2.09. The van der Waals surface area contributed by atoms with E-state index in [1.807, 2.05) is 6.92 Å². The minimum atomic E-state index is -0.632. The van der Waals surface area contributed by atoms with Crippen molar-refractivity contribution in [3.63, 3.8) is 0 Å². The number of anilines is 1. The van der Waals surface area contributed by atoms with Crippen molar-refractivity contribution >= 4 is 23.2 Å². The van der Waals surface area contributed by atoms with Gasteiger partial charge in [-0.25, -0.2) is 4.98 Å². The summed E-state index contributed by atoms with van der Waals surface area (Å²) in [4.78, 5) is 15.4. The van der Waals surface area contributed by atoms with Gasteiger partial charge in [0.15, 0.2) is 0 Å². The molecule has 1 heterocycles. The number of amides is 1. The van der Waals surface area contributed by atoms with Crippen LogP contribution in [0.1, 0.15) is 23.7 Å². The first-order chi connectivity index (χ1) is 10.1. The minimum Gasteiger partial charge on any atom is -0.492 e. The predicted molar refractivity (Wildman–Crippen MR) is 79.4 cm³/mol. The largest absolute Gasteiger partial charge is 0.492 e. The molecule has 0 bridgehead atoms. The molecule has 1 N–H and O–H groups in total. The first-order valence-electron chi connectivity index (χ1n) is 6.45. The van der Waals surface area contributed by atoms with E-state index in [-0.39, 0.29) is 11.5 Å². The Kier molecular flexibility index (Phi) is 5.11. The van der Waals surface area contributed by atoms with Crippen LogP contribution < -0.4 is 10.1 Å². The SMILES string of the molecule is CCCOc1ccc(NC(=O)c2ccc(F)nc2)cc1Cl. The van der Waals surface area contributed by atoms with Crippen LogP contribution in [-0.2, 0) is 0 Å². The maximum absolute atomic E-state index is 12.7. The van der Waals surface area contributed by atoms with Gasteiger partial charge in [0.1, 0.15) is 5.75 Å². The Labute approximate surface area is 126 Å². The van der Waals surface area contributed by atoms with Crippen LogP contribution in [0, 0.1) is 5.95 Å². The molecular formula is C15H14ClFN2O2. The second kappa shape index (κ2) is 7.04. The van der Waals surface area contributed by atoms with E-state index in [2.05, 4.69) is 10.3 Å². The number of carbonyl (C=O) groups is 1. The second-order valence-electron chi connectivity index (χ2n) is 4.32. The third kappa shape index (κ3) is 4.16. The number of nitrogens with one attached hydrogen (secondary N) is 1. The third-order valence-corrected chi connectivity index (χ3v) is 2.94. The Morgan fingerprint density at radius 1 is 1.38 bits per heavy atom. The lowest BCUT2D eigenvalue weighted by atomic mass is 10.2. The fourth-order valence-corrected chi connectivity index (χ4v) is 1.86. The Morgan fingerprint density at radius 2 is 2.19 bits per heavy atom. The highest BCUT2D eigenvalue weighted by molar-refractivity contribution is 6.32. The number of carbonyl (C=O) groups excluding carboxylic acids is 1. The van der Waals surface area contributed by atoms with Gasteiger partial charge in [-0.15, -0.1) is 0 Å². The zero-order chi connectivity index (χ0) is 15.2. The molecule has 2 aromatic rings. The molecule has 0 saturated carbocycles. The summed E-state index contributed by atoms with van der Waals surface area (Å²) in [7, 11) is 0. The number of hydrogen-bond donors (Lipinski definition) is 1. The average molecular weight is 309 g/mol. The molecule has 0 atom stereocenters. The molecule has 110 valence electrons. The molecule has 0 aliphatic heterocycles. The van der Waals surface area contributed by atoms with Crippen LogP contribution in [0.3, 0.4) is 0 Å². The summed E-state index contributed by atoms with van der Waals surface area (Å²) < 4.78 is 18.1. The van der Waals surface area contributed by atoms with Crippen molar-refractivity contribution in [1.29, 1.82) is 0 Å². The van der Waals surface area contributed by atoms with E-state index in [9.17, 15) is 9.18 Å². The van der Waals surface area contributed by atoms with Gasteiger partial charge in [-0.3, -0.25) is 4.79 Å². The predicted octanol–water partition coefficient (Wildman–Crippen LogP) is 3.92. The molecule has 0 aliphatic rings. The highest BCUT2D eigenvalue weighted by Crippen LogP contribution is 2.28. The molecule has 1 aromatic carbocycles. The zero-order valence-corrected chi connectivity index (χ0v) is 12.2. The Balaban J connectivity index is 2.07. The molecule has 4 nitrogen and oxygen atoms in total. The quantitative estimate of drug-likeness (QED) is 0.852. The fourth-order valence-electron chi connectivity index (χ4n) is 1.62. The summed E-state index contributed by atoms with van der Waals surface area (Å²) in [5.41, 5.74) is 0.789. The Hall–Kier alpha value is -2.14. The summed E-state index contributed by atoms with van der Waals surface area (Å²) in [6.45, 7) is 2.58. The highest BCUT2D eigenvalue weighted by atomic mass is 35.5. The lowest BCUT2D eigenvalue weighted by molar-refractivity contribution is 0.102. The molecule has 0 saturated heterocycles. The minimum absolute atomic E-state index is 0.263. The van der Waals surface area contributed by atoms with Gasteiger partial charge in [-0.2, -0.15) is 4.39 Å². The maximum atomic E-state index is 12.7. The number of hydrogen-bond acceptors (Lipinski definition) is 3. The molecule has 21 heavy (non-hydrogen) atoms. The van der Waals surface area contributed by atoms with Gasteiger partial charge in [0.2, 0.25) is 5.95 Å². The number of ether oxygens (including phenoxy) is 1. The smallest absolute Gasteiger partial charge is 0.257 e. The van der Waals surface area contributed by atoms with E-state index in [4.69, 9.17) is 16.3 Å². The van der Waals surface area contributed by atoms with Crippen molar-refractivity contribution in [1.82, 2.24) is 4.98 Å². The van der Waals surface area contributed by atoms with Crippen LogP contribution in [-0.4, -0.2) is 17.5 Å². The van der Waals surface area contributed by atoms with Crippen molar-refractivity contribution in [3.05, 3.63) is 53.1 Å². The molecule has 0 spiro atoms. The summed E-state index contributed by atoms with van der Waals surface area (Å²) >= 11 is 6.08. The lowest BCUT2D eigenvalue weighted by Crippen LogP contribution is -2.12. The van der Waals surface area contributed by atoms with Crippen molar-refractivity contribution < 1.29 is 13.9 Å². The first-order valence-corrected chi connectivity index (χ1v) is 6.83. The number of aromatic nitrogens is 1. The van der Waals surface area contributed by atoms with Crippen molar-refractivity contribution in [2.24, 2.45) is 0 Å². The molecule has 1 aromatic heterocycles. The fraction of sp³-hybridized carbons (Fsp3) is 0.200. The Bertz CT molecular complexity index is 632. The number of halogens is 2. The summed E-state index contributed by atoms with van der Waals surface area (Å²) in [5, 5.41) is 3.08. The van der Waals surface area contributed by atoms with Crippen molar-refractivity contribution in [2.45, 2.75) is 13.3 Å². The highest BCUT2D eigenvalue weighted by Gasteiger charge is 2.09. The standard InChI is InChI=1S/C15H14ClFN2O2/c1-2-7-21-13-5-4-11(8-12(13)16)19-15(20)10-3-6-14(17)18-9-10/h3-6,8-9H,2,7H2,1H3,(H,19,20). The maximum Gasteiger partial charge on any atom is 0.257 e. The number of rotatable bonds is 5. The number of nitrogens with zero attached hydrogens (tertiary/aromatic N) is 1. The molecular weight excluding hydrogens is 295 g/mol. The molecule has 0 unspecified atom stereocenters. The van der Waals surface area contributed by atoms with Crippen molar-refractivity contribution in [3.8, 4) is 5.75 Å².